The molecule has 0 fully saturated rings. The van der Waals surface area contributed by atoms with E-state index in [4.69, 9.17) is 11.6 Å². The quantitative estimate of drug-likeness (QED) is 0.768. The van der Waals surface area contributed by atoms with E-state index in [0.29, 0.717) is 13.1 Å². The third-order valence-electron chi connectivity index (χ3n) is 3.32. The molecule has 2 aromatic rings. The number of likely N-dealkylation sites (N-methyl/N-ethyl adjacent to an activating group) is 1. The van der Waals surface area contributed by atoms with Gasteiger partial charge in [-0.1, -0.05) is 15.9 Å². The van der Waals surface area contributed by atoms with Crippen molar-refractivity contribution in [2.24, 2.45) is 0 Å². The summed E-state index contributed by atoms with van der Waals surface area (Å²) in [6.45, 7) is 5.65. The summed E-state index contributed by atoms with van der Waals surface area (Å²) in [6, 6.07) is 5.83. The number of amides is 1. The average molecular weight is 359 g/mol. The second-order valence-electron chi connectivity index (χ2n) is 4.45. The van der Waals surface area contributed by atoms with Crippen LogP contribution in [0.25, 0.3) is 11.0 Å². The first-order valence-corrected chi connectivity index (χ1v) is 7.91. The lowest BCUT2D eigenvalue weighted by atomic mass is 10.3. The maximum Gasteiger partial charge on any atom is 0.242 e. The standard InChI is InChI=1S/C14H17BrClN3O/c1-3-18(4-2)14(20)9-19-12-7-10(15)5-6-11(12)17-13(19)8-16/h5-7H,3-4,8-9H2,1-2H3. The molecule has 0 atom stereocenters. The smallest absolute Gasteiger partial charge is 0.242 e. The molecule has 0 unspecified atom stereocenters. The van der Waals surface area contributed by atoms with Crippen molar-refractivity contribution >= 4 is 44.5 Å². The van der Waals surface area contributed by atoms with Crippen LogP contribution >= 0.6 is 27.5 Å². The van der Waals surface area contributed by atoms with E-state index in [-0.39, 0.29) is 18.3 Å². The van der Waals surface area contributed by atoms with Gasteiger partial charge in [0.1, 0.15) is 12.4 Å². The van der Waals surface area contributed by atoms with Crippen LogP contribution in [0.4, 0.5) is 0 Å². The fourth-order valence-electron chi connectivity index (χ4n) is 2.24. The lowest BCUT2D eigenvalue weighted by Crippen LogP contribution is -2.33. The summed E-state index contributed by atoms with van der Waals surface area (Å²) in [5.74, 6) is 1.10. The molecule has 1 heterocycles. The minimum absolute atomic E-state index is 0.0839. The van der Waals surface area contributed by atoms with Gasteiger partial charge in [-0.3, -0.25) is 4.79 Å². The second kappa shape index (κ2) is 6.59. The van der Waals surface area contributed by atoms with Crippen LogP contribution in [0.15, 0.2) is 22.7 Å². The molecule has 0 saturated heterocycles. The monoisotopic (exact) mass is 357 g/mol. The number of hydrogen-bond acceptors (Lipinski definition) is 2. The number of imidazole rings is 1. The molecule has 108 valence electrons. The summed E-state index contributed by atoms with van der Waals surface area (Å²) >= 11 is 9.40. The lowest BCUT2D eigenvalue weighted by molar-refractivity contribution is -0.131. The first-order chi connectivity index (χ1) is 9.60. The van der Waals surface area contributed by atoms with Crippen molar-refractivity contribution in [3.8, 4) is 0 Å². The molecule has 20 heavy (non-hydrogen) atoms. The number of aromatic nitrogens is 2. The molecule has 6 heteroatoms. The maximum absolute atomic E-state index is 12.3. The Morgan fingerprint density at radius 2 is 2.10 bits per heavy atom. The van der Waals surface area contributed by atoms with Crippen molar-refractivity contribution in [2.75, 3.05) is 13.1 Å². The summed E-state index contributed by atoms with van der Waals surface area (Å²) in [5, 5.41) is 0. The maximum atomic E-state index is 12.3. The number of alkyl halides is 1. The van der Waals surface area contributed by atoms with Gasteiger partial charge in [0.25, 0.3) is 0 Å². The van der Waals surface area contributed by atoms with Crippen LogP contribution in [0, 0.1) is 0 Å². The number of benzene rings is 1. The van der Waals surface area contributed by atoms with Crippen molar-refractivity contribution in [1.82, 2.24) is 14.5 Å². The highest BCUT2D eigenvalue weighted by Crippen LogP contribution is 2.22. The Hall–Kier alpha value is -1.07. The van der Waals surface area contributed by atoms with E-state index < -0.39 is 0 Å². The SMILES string of the molecule is CCN(CC)C(=O)Cn1c(CCl)nc2ccc(Br)cc21. The Morgan fingerprint density at radius 3 is 2.70 bits per heavy atom. The molecule has 0 spiro atoms. The van der Waals surface area contributed by atoms with E-state index >= 15 is 0 Å². The molecule has 0 radical (unpaired) electrons. The van der Waals surface area contributed by atoms with Crippen LogP contribution in [-0.4, -0.2) is 33.4 Å². The van der Waals surface area contributed by atoms with Crippen LogP contribution in [0.5, 0.6) is 0 Å². The third kappa shape index (κ3) is 2.99. The van der Waals surface area contributed by atoms with E-state index in [2.05, 4.69) is 20.9 Å². The molecule has 2 rings (SSSR count). The van der Waals surface area contributed by atoms with Gasteiger partial charge >= 0.3 is 0 Å². The number of fused-ring (bicyclic) bond motifs is 1. The highest BCUT2D eigenvalue weighted by atomic mass is 79.9. The predicted molar refractivity (Wildman–Crippen MR) is 84.9 cm³/mol. The minimum Gasteiger partial charge on any atom is -0.342 e. The number of carbonyl (C=O) groups excluding carboxylic acids is 1. The first-order valence-electron chi connectivity index (χ1n) is 6.59. The molecule has 0 aliphatic rings. The summed E-state index contributed by atoms with van der Waals surface area (Å²) in [4.78, 5) is 18.6. The fourth-order valence-corrected chi connectivity index (χ4v) is 2.79. The van der Waals surface area contributed by atoms with Crippen LogP contribution in [0.2, 0.25) is 0 Å². The number of nitrogens with zero attached hydrogens (tertiary/aromatic N) is 3. The van der Waals surface area contributed by atoms with Crippen LogP contribution < -0.4 is 0 Å². The van der Waals surface area contributed by atoms with Gasteiger partial charge in [-0.25, -0.2) is 4.98 Å². The van der Waals surface area contributed by atoms with E-state index in [1.54, 1.807) is 0 Å². The molecule has 1 amide bonds. The Kier molecular flexibility index (Phi) is 5.05. The lowest BCUT2D eigenvalue weighted by Gasteiger charge is -2.19. The predicted octanol–water partition coefficient (Wildman–Crippen LogP) is 3.41. The molecule has 0 aliphatic heterocycles. The summed E-state index contributed by atoms with van der Waals surface area (Å²) in [5.41, 5.74) is 1.78. The third-order valence-corrected chi connectivity index (χ3v) is 4.05. The Balaban J connectivity index is 2.41. The molecular weight excluding hydrogens is 342 g/mol. The van der Waals surface area contributed by atoms with E-state index in [9.17, 15) is 4.79 Å². The summed E-state index contributed by atoms with van der Waals surface area (Å²) in [7, 11) is 0. The van der Waals surface area contributed by atoms with Gasteiger partial charge in [0.2, 0.25) is 5.91 Å². The normalized spacial score (nSPS) is 11.0. The molecule has 1 aromatic heterocycles. The van der Waals surface area contributed by atoms with Crippen molar-refractivity contribution < 1.29 is 4.79 Å². The van der Waals surface area contributed by atoms with Crippen LogP contribution in [-0.2, 0) is 17.2 Å². The van der Waals surface area contributed by atoms with Crippen LogP contribution in [0.3, 0.4) is 0 Å². The van der Waals surface area contributed by atoms with Gasteiger partial charge < -0.3 is 9.47 Å². The van der Waals surface area contributed by atoms with Crippen LogP contribution in [0.1, 0.15) is 19.7 Å². The summed E-state index contributed by atoms with van der Waals surface area (Å²) < 4.78 is 2.86. The molecule has 0 N–H and O–H groups in total. The zero-order valence-electron chi connectivity index (χ0n) is 11.6. The summed E-state index contributed by atoms with van der Waals surface area (Å²) in [6.07, 6.45) is 0. The Bertz CT molecular complexity index is 622. The first kappa shape index (κ1) is 15.3. The van der Waals surface area contributed by atoms with Gasteiger partial charge in [-0.2, -0.15) is 0 Å². The highest BCUT2D eigenvalue weighted by molar-refractivity contribution is 9.10. The van der Waals surface area contributed by atoms with E-state index in [0.717, 1.165) is 21.3 Å². The molecule has 0 saturated carbocycles. The van der Waals surface area contributed by atoms with Crippen molar-refractivity contribution in [3.63, 3.8) is 0 Å². The Morgan fingerprint density at radius 1 is 1.40 bits per heavy atom. The number of halogens is 2. The minimum atomic E-state index is 0.0839. The van der Waals surface area contributed by atoms with Gasteiger partial charge in [0, 0.05) is 17.6 Å². The largest absolute Gasteiger partial charge is 0.342 e. The number of hydrogen-bond donors (Lipinski definition) is 0. The molecule has 1 aromatic carbocycles. The zero-order valence-corrected chi connectivity index (χ0v) is 13.9. The fraction of sp³-hybridized carbons (Fsp3) is 0.429. The van der Waals surface area contributed by atoms with Gasteiger partial charge in [-0.05, 0) is 32.0 Å². The number of rotatable bonds is 5. The van der Waals surface area contributed by atoms with Gasteiger partial charge in [-0.15, -0.1) is 11.6 Å². The van der Waals surface area contributed by atoms with Crippen molar-refractivity contribution in [3.05, 3.63) is 28.5 Å². The molecule has 0 aliphatic carbocycles. The molecule has 0 bridgehead atoms. The topological polar surface area (TPSA) is 38.1 Å². The molecule has 4 nitrogen and oxygen atoms in total. The van der Waals surface area contributed by atoms with Gasteiger partial charge in [0.15, 0.2) is 0 Å². The second-order valence-corrected chi connectivity index (χ2v) is 5.63. The van der Waals surface area contributed by atoms with E-state index in [1.807, 2.05) is 41.5 Å². The molecular formula is C14H17BrClN3O. The average Bonchev–Trinajstić information content (AvgIpc) is 2.78. The van der Waals surface area contributed by atoms with Crippen molar-refractivity contribution in [2.45, 2.75) is 26.3 Å². The van der Waals surface area contributed by atoms with E-state index in [1.165, 1.54) is 0 Å². The number of carbonyl (C=O) groups is 1. The van der Waals surface area contributed by atoms with Gasteiger partial charge in [0.05, 0.1) is 16.9 Å². The Labute approximate surface area is 131 Å². The van der Waals surface area contributed by atoms with Crippen molar-refractivity contribution in [1.29, 1.82) is 0 Å². The highest BCUT2D eigenvalue weighted by Gasteiger charge is 2.16. The zero-order chi connectivity index (χ0) is 14.7.